The molecule has 0 aromatic heterocycles. The van der Waals surface area contributed by atoms with Gasteiger partial charge in [-0.05, 0) is 30.9 Å². The monoisotopic (exact) mass is 282 g/mol. The summed E-state index contributed by atoms with van der Waals surface area (Å²) in [7, 11) is 1.88. The van der Waals surface area contributed by atoms with Gasteiger partial charge in [-0.3, -0.25) is 4.79 Å². The van der Waals surface area contributed by atoms with Gasteiger partial charge in [0.2, 0.25) is 0 Å². The van der Waals surface area contributed by atoms with E-state index in [4.69, 9.17) is 5.73 Å². The molecular formula is C15H23ClN2O. The number of rotatable bonds is 3. The molecule has 1 fully saturated rings. The van der Waals surface area contributed by atoms with Gasteiger partial charge in [0.15, 0.2) is 0 Å². The first-order valence-corrected chi connectivity index (χ1v) is 6.78. The van der Waals surface area contributed by atoms with Gasteiger partial charge < -0.3 is 10.6 Å². The molecular weight excluding hydrogens is 260 g/mol. The minimum atomic E-state index is 0. The number of nitrogen functional groups attached to an aromatic ring is 1. The first-order valence-electron chi connectivity index (χ1n) is 6.78. The third-order valence-electron chi connectivity index (χ3n) is 3.79. The zero-order valence-electron chi connectivity index (χ0n) is 11.5. The third-order valence-corrected chi connectivity index (χ3v) is 3.79. The lowest BCUT2D eigenvalue weighted by molar-refractivity contribution is 0.0761. The molecule has 1 aromatic rings. The van der Waals surface area contributed by atoms with Crippen LogP contribution >= 0.6 is 12.4 Å². The summed E-state index contributed by atoms with van der Waals surface area (Å²) < 4.78 is 0. The molecule has 0 radical (unpaired) electrons. The van der Waals surface area contributed by atoms with Crippen LogP contribution in [-0.2, 0) is 0 Å². The zero-order chi connectivity index (χ0) is 13.0. The van der Waals surface area contributed by atoms with Crippen molar-refractivity contribution in [3.63, 3.8) is 0 Å². The van der Waals surface area contributed by atoms with Crippen molar-refractivity contribution >= 4 is 24.0 Å². The van der Waals surface area contributed by atoms with Gasteiger partial charge in [0.05, 0.1) is 5.56 Å². The summed E-state index contributed by atoms with van der Waals surface area (Å²) >= 11 is 0. The molecule has 1 saturated carbocycles. The van der Waals surface area contributed by atoms with Crippen LogP contribution in [0.15, 0.2) is 24.3 Å². The number of halogens is 1. The summed E-state index contributed by atoms with van der Waals surface area (Å²) in [4.78, 5) is 14.1. The third kappa shape index (κ3) is 4.13. The summed E-state index contributed by atoms with van der Waals surface area (Å²) in [5.74, 6) is 0.705. The number of nitrogens with zero attached hydrogens (tertiary/aromatic N) is 1. The minimum Gasteiger partial charge on any atom is -0.398 e. The van der Waals surface area contributed by atoms with E-state index in [1.807, 2.05) is 24.1 Å². The maximum absolute atomic E-state index is 12.3. The summed E-state index contributed by atoms with van der Waals surface area (Å²) in [6, 6.07) is 7.29. The number of amides is 1. The van der Waals surface area contributed by atoms with Crippen molar-refractivity contribution in [1.82, 2.24) is 4.90 Å². The van der Waals surface area contributed by atoms with Crippen LogP contribution < -0.4 is 5.73 Å². The molecule has 0 bridgehead atoms. The van der Waals surface area contributed by atoms with Crippen LogP contribution in [0.25, 0.3) is 0 Å². The molecule has 2 N–H and O–H groups in total. The largest absolute Gasteiger partial charge is 0.398 e. The molecule has 1 aliphatic carbocycles. The molecule has 4 heteroatoms. The van der Waals surface area contributed by atoms with Crippen molar-refractivity contribution in [3.8, 4) is 0 Å². The van der Waals surface area contributed by atoms with Crippen LogP contribution in [0.3, 0.4) is 0 Å². The fraction of sp³-hybridized carbons (Fsp3) is 0.533. The number of benzene rings is 1. The number of hydrogen-bond acceptors (Lipinski definition) is 2. The van der Waals surface area contributed by atoms with Crippen LogP contribution in [0.2, 0.25) is 0 Å². The van der Waals surface area contributed by atoms with E-state index in [-0.39, 0.29) is 18.3 Å². The molecule has 1 amide bonds. The van der Waals surface area contributed by atoms with Gasteiger partial charge in [0.1, 0.15) is 0 Å². The van der Waals surface area contributed by atoms with E-state index in [1.54, 1.807) is 12.1 Å². The Hall–Kier alpha value is -1.22. The second kappa shape index (κ2) is 7.39. The lowest BCUT2D eigenvalue weighted by Gasteiger charge is -2.27. The predicted molar refractivity (Wildman–Crippen MR) is 81.6 cm³/mol. The van der Waals surface area contributed by atoms with Gasteiger partial charge in [0.25, 0.3) is 5.91 Å². The van der Waals surface area contributed by atoms with E-state index in [2.05, 4.69) is 0 Å². The normalized spacial score (nSPS) is 15.6. The smallest absolute Gasteiger partial charge is 0.255 e. The summed E-state index contributed by atoms with van der Waals surface area (Å²) in [6.07, 6.45) is 6.46. The van der Waals surface area contributed by atoms with E-state index < -0.39 is 0 Å². The molecule has 2 rings (SSSR count). The highest BCUT2D eigenvalue weighted by Crippen LogP contribution is 2.24. The number of nitrogens with two attached hydrogens (primary N) is 1. The molecule has 0 saturated heterocycles. The van der Waals surface area contributed by atoms with Crippen LogP contribution in [-0.4, -0.2) is 24.4 Å². The van der Waals surface area contributed by atoms with Gasteiger partial charge in [-0.25, -0.2) is 0 Å². The van der Waals surface area contributed by atoms with Crippen molar-refractivity contribution in [2.24, 2.45) is 5.92 Å². The standard InChI is InChI=1S/C15H22N2O.ClH/c1-17(11-12-7-3-2-4-8-12)15(18)13-9-5-6-10-14(13)16;/h5-6,9-10,12H,2-4,7-8,11,16H2,1H3;1H. The Bertz CT molecular complexity index is 416. The van der Waals surface area contributed by atoms with E-state index in [1.165, 1.54) is 32.1 Å². The molecule has 0 spiro atoms. The molecule has 0 heterocycles. The molecule has 0 aliphatic heterocycles. The summed E-state index contributed by atoms with van der Waals surface area (Å²) in [6.45, 7) is 0.854. The Morgan fingerprint density at radius 1 is 1.26 bits per heavy atom. The van der Waals surface area contributed by atoms with Gasteiger partial charge >= 0.3 is 0 Å². The second-order valence-corrected chi connectivity index (χ2v) is 5.28. The van der Waals surface area contributed by atoms with Crippen LogP contribution in [0.4, 0.5) is 5.69 Å². The van der Waals surface area contributed by atoms with Crippen LogP contribution in [0.1, 0.15) is 42.5 Å². The first kappa shape index (κ1) is 15.8. The van der Waals surface area contributed by atoms with Crippen LogP contribution in [0, 0.1) is 5.92 Å². The molecule has 1 aromatic carbocycles. The minimum absolute atomic E-state index is 0. The lowest BCUT2D eigenvalue weighted by Crippen LogP contribution is -2.33. The highest BCUT2D eigenvalue weighted by atomic mass is 35.5. The molecule has 0 atom stereocenters. The van der Waals surface area contributed by atoms with Crippen molar-refractivity contribution in [3.05, 3.63) is 29.8 Å². The molecule has 1 aliphatic rings. The van der Waals surface area contributed by atoms with E-state index in [0.717, 1.165) is 6.54 Å². The van der Waals surface area contributed by atoms with Gasteiger partial charge in [-0.2, -0.15) is 0 Å². The maximum Gasteiger partial charge on any atom is 0.255 e. The Morgan fingerprint density at radius 2 is 1.89 bits per heavy atom. The summed E-state index contributed by atoms with van der Waals surface area (Å²) in [5, 5.41) is 0. The Balaban J connectivity index is 0.00000180. The van der Waals surface area contributed by atoms with E-state index >= 15 is 0 Å². The Morgan fingerprint density at radius 3 is 2.53 bits per heavy atom. The topological polar surface area (TPSA) is 46.3 Å². The highest BCUT2D eigenvalue weighted by molar-refractivity contribution is 5.98. The number of carbonyl (C=O) groups is 1. The average molecular weight is 283 g/mol. The van der Waals surface area contributed by atoms with E-state index in [9.17, 15) is 4.79 Å². The quantitative estimate of drug-likeness (QED) is 0.864. The van der Waals surface area contributed by atoms with Crippen molar-refractivity contribution < 1.29 is 4.79 Å². The van der Waals surface area contributed by atoms with E-state index in [0.29, 0.717) is 17.2 Å². The number of anilines is 1. The predicted octanol–water partition coefficient (Wildman–Crippen LogP) is 3.34. The number of carbonyl (C=O) groups excluding carboxylic acids is 1. The van der Waals surface area contributed by atoms with Gasteiger partial charge in [0, 0.05) is 19.3 Å². The van der Waals surface area contributed by atoms with Crippen molar-refractivity contribution in [2.45, 2.75) is 32.1 Å². The fourth-order valence-electron chi connectivity index (χ4n) is 2.74. The van der Waals surface area contributed by atoms with Crippen molar-refractivity contribution in [1.29, 1.82) is 0 Å². The van der Waals surface area contributed by atoms with Crippen molar-refractivity contribution in [2.75, 3.05) is 19.3 Å². The molecule has 19 heavy (non-hydrogen) atoms. The Labute approximate surface area is 121 Å². The molecule has 0 unspecified atom stereocenters. The molecule has 3 nitrogen and oxygen atoms in total. The first-order chi connectivity index (χ1) is 8.68. The van der Waals surface area contributed by atoms with Gasteiger partial charge in [-0.1, -0.05) is 31.4 Å². The van der Waals surface area contributed by atoms with Gasteiger partial charge in [-0.15, -0.1) is 12.4 Å². The highest BCUT2D eigenvalue weighted by Gasteiger charge is 2.20. The van der Waals surface area contributed by atoms with Crippen LogP contribution in [0.5, 0.6) is 0 Å². The molecule has 106 valence electrons. The summed E-state index contributed by atoms with van der Waals surface area (Å²) in [5.41, 5.74) is 7.03. The fourth-order valence-corrected chi connectivity index (χ4v) is 2.74. The second-order valence-electron chi connectivity index (χ2n) is 5.28. The number of hydrogen-bond donors (Lipinski definition) is 1. The zero-order valence-corrected chi connectivity index (χ0v) is 12.3. The maximum atomic E-state index is 12.3. The average Bonchev–Trinajstić information content (AvgIpc) is 2.39. The lowest BCUT2D eigenvalue weighted by atomic mass is 9.89. The Kier molecular flexibility index (Phi) is 6.16. The number of para-hydroxylation sites is 1. The SMILES string of the molecule is CN(CC1CCCCC1)C(=O)c1ccccc1N.Cl.